The number of allylic oxidation sites excluding steroid dienone is 2. The third kappa shape index (κ3) is 2.65. The van der Waals surface area contributed by atoms with Crippen molar-refractivity contribution < 1.29 is 0 Å². The Morgan fingerprint density at radius 2 is 2.36 bits per heavy atom. The van der Waals surface area contributed by atoms with E-state index in [4.69, 9.17) is 5.73 Å². The molecule has 14 heavy (non-hydrogen) atoms. The Hall–Kier alpha value is -1.71. The lowest BCUT2D eigenvalue weighted by Crippen LogP contribution is -1.96. The van der Waals surface area contributed by atoms with Crippen molar-refractivity contribution in [3.63, 3.8) is 0 Å². The molecule has 0 saturated heterocycles. The van der Waals surface area contributed by atoms with E-state index in [2.05, 4.69) is 28.0 Å². The van der Waals surface area contributed by atoms with Gasteiger partial charge in [0.15, 0.2) is 0 Å². The van der Waals surface area contributed by atoms with E-state index in [0.717, 1.165) is 17.7 Å². The molecule has 74 valence electrons. The number of nitrogens with zero attached hydrogens (tertiary/aromatic N) is 3. The van der Waals surface area contributed by atoms with Gasteiger partial charge < -0.3 is 5.73 Å². The Morgan fingerprint density at radius 3 is 2.93 bits per heavy atom. The largest absolute Gasteiger partial charge is 0.384 e. The predicted molar refractivity (Wildman–Crippen MR) is 59.1 cm³/mol. The third-order valence-electron chi connectivity index (χ3n) is 1.68. The Morgan fingerprint density at radius 1 is 1.57 bits per heavy atom. The summed E-state index contributed by atoms with van der Waals surface area (Å²) in [6.07, 6.45) is 6.21. The molecule has 2 N–H and O–H groups in total. The molecule has 0 fully saturated rings. The predicted octanol–water partition coefficient (Wildman–Crippen LogP) is 1.55. The standard InChI is InChI=1S/C10H14N4/c1-3-4-8(6-12-2)9-5-10(11)14-7-13-9/h4-7H,3H2,1-2H3,(H2,11,13,14)/b8-4+,12-6?. The molecule has 0 saturated carbocycles. The van der Waals surface area contributed by atoms with Crippen LogP contribution in [0.1, 0.15) is 19.0 Å². The maximum absolute atomic E-state index is 5.57. The van der Waals surface area contributed by atoms with E-state index in [1.807, 2.05) is 0 Å². The maximum atomic E-state index is 5.57. The highest BCUT2D eigenvalue weighted by atomic mass is 14.9. The van der Waals surface area contributed by atoms with Gasteiger partial charge in [-0.15, -0.1) is 0 Å². The second-order valence-electron chi connectivity index (χ2n) is 2.78. The van der Waals surface area contributed by atoms with Crippen LogP contribution in [0, 0.1) is 0 Å². The summed E-state index contributed by atoms with van der Waals surface area (Å²) < 4.78 is 0. The van der Waals surface area contributed by atoms with Crippen molar-refractivity contribution in [3.8, 4) is 0 Å². The molecule has 1 rings (SSSR count). The van der Waals surface area contributed by atoms with Gasteiger partial charge in [0, 0.05) is 24.9 Å². The zero-order valence-corrected chi connectivity index (χ0v) is 8.44. The van der Waals surface area contributed by atoms with E-state index in [1.165, 1.54) is 6.33 Å². The lowest BCUT2D eigenvalue weighted by Gasteiger charge is -2.00. The van der Waals surface area contributed by atoms with E-state index in [1.54, 1.807) is 19.3 Å². The molecule has 0 atom stereocenters. The number of nitrogens with two attached hydrogens (primary N) is 1. The topological polar surface area (TPSA) is 64.2 Å². The van der Waals surface area contributed by atoms with Crippen molar-refractivity contribution in [1.29, 1.82) is 0 Å². The normalized spacial score (nSPS) is 12.3. The molecule has 0 aliphatic heterocycles. The molecule has 0 aliphatic rings. The van der Waals surface area contributed by atoms with Crippen molar-refractivity contribution in [2.24, 2.45) is 4.99 Å². The summed E-state index contributed by atoms with van der Waals surface area (Å²) in [4.78, 5) is 11.9. The first-order valence-electron chi connectivity index (χ1n) is 4.48. The third-order valence-corrected chi connectivity index (χ3v) is 1.68. The van der Waals surface area contributed by atoms with Crippen molar-refractivity contribution >= 4 is 17.6 Å². The average molecular weight is 190 g/mol. The van der Waals surface area contributed by atoms with Crippen LogP contribution in [0.5, 0.6) is 0 Å². The van der Waals surface area contributed by atoms with E-state index in [0.29, 0.717) is 5.82 Å². The first-order valence-corrected chi connectivity index (χ1v) is 4.48. The van der Waals surface area contributed by atoms with Crippen LogP contribution in [0.25, 0.3) is 5.57 Å². The molecule has 1 aromatic heterocycles. The molecule has 0 radical (unpaired) electrons. The molecule has 1 aromatic rings. The molecule has 4 nitrogen and oxygen atoms in total. The zero-order chi connectivity index (χ0) is 10.4. The first kappa shape index (κ1) is 10.4. The van der Waals surface area contributed by atoms with Gasteiger partial charge in [-0.3, -0.25) is 4.99 Å². The number of hydrogen-bond acceptors (Lipinski definition) is 4. The van der Waals surface area contributed by atoms with E-state index < -0.39 is 0 Å². The van der Waals surface area contributed by atoms with Gasteiger partial charge in [0.1, 0.15) is 12.1 Å². The Bertz CT molecular complexity index is 355. The molecule has 0 bridgehead atoms. The molecule has 0 aliphatic carbocycles. The monoisotopic (exact) mass is 190 g/mol. The number of aromatic nitrogens is 2. The highest BCUT2D eigenvalue weighted by Crippen LogP contribution is 2.11. The van der Waals surface area contributed by atoms with E-state index in [9.17, 15) is 0 Å². The van der Waals surface area contributed by atoms with Crippen LogP contribution in [0.4, 0.5) is 5.82 Å². The Balaban J connectivity index is 3.05. The van der Waals surface area contributed by atoms with Gasteiger partial charge in [-0.2, -0.15) is 0 Å². The number of anilines is 1. The van der Waals surface area contributed by atoms with Crippen LogP contribution < -0.4 is 5.73 Å². The fourth-order valence-electron chi connectivity index (χ4n) is 1.11. The number of nitrogen functional groups attached to an aromatic ring is 1. The van der Waals surface area contributed by atoms with Crippen LogP contribution in [-0.4, -0.2) is 23.2 Å². The lowest BCUT2D eigenvalue weighted by atomic mass is 10.1. The molecule has 0 unspecified atom stereocenters. The SMILES string of the molecule is CC/C=C(\C=NC)c1cc(N)ncn1. The summed E-state index contributed by atoms with van der Waals surface area (Å²) in [5.74, 6) is 0.474. The lowest BCUT2D eigenvalue weighted by molar-refractivity contribution is 1.15. The molecular formula is C10H14N4. The van der Waals surface area contributed by atoms with E-state index in [-0.39, 0.29) is 0 Å². The average Bonchev–Trinajstić information content (AvgIpc) is 2.17. The minimum Gasteiger partial charge on any atom is -0.384 e. The molecule has 1 heterocycles. The van der Waals surface area contributed by atoms with Gasteiger partial charge in [-0.1, -0.05) is 13.0 Å². The Labute approximate surface area is 83.6 Å². The fourth-order valence-corrected chi connectivity index (χ4v) is 1.11. The van der Waals surface area contributed by atoms with Gasteiger partial charge >= 0.3 is 0 Å². The summed E-state index contributed by atoms with van der Waals surface area (Å²) in [6.45, 7) is 2.06. The molecule has 0 amide bonds. The first-order chi connectivity index (χ1) is 6.77. The van der Waals surface area contributed by atoms with Crippen molar-refractivity contribution in [3.05, 3.63) is 24.2 Å². The second-order valence-corrected chi connectivity index (χ2v) is 2.78. The quantitative estimate of drug-likeness (QED) is 0.735. The maximum Gasteiger partial charge on any atom is 0.127 e. The van der Waals surface area contributed by atoms with Crippen LogP contribution in [-0.2, 0) is 0 Å². The smallest absolute Gasteiger partial charge is 0.127 e. The van der Waals surface area contributed by atoms with Gasteiger partial charge in [0.25, 0.3) is 0 Å². The summed E-state index contributed by atoms with van der Waals surface area (Å²) in [6, 6.07) is 1.74. The van der Waals surface area contributed by atoms with E-state index >= 15 is 0 Å². The van der Waals surface area contributed by atoms with Gasteiger partial charge in [0.2, 0.25) is 0 Å². The Kier molecular flexibility index (Phi) is 3.79. The molecule has 0 aromatic carbocycles. The second kappa shape index (κ2) is 5.11. The number of hydrogen-bond donors (Lipinski definition) is 1. The van der Waals surface area contributed by atoms with Crippen molar-refractivity contribution in [2.75, 3.05) is 12.8 Å². The van der Waals surface area contributed by atoms with Crippen LogP contribution in [0.15, 0.2) is 23.5 Å². The van der Waals surface area contributed by atoms with Crippen molar-refractivity contribution in [1.82, 2.24) is 9.97 Å². The fraction of sp³-hybridized carbons (Fsp3) is 0.300. The van der Waals surface area contributed by atoms with Crippen LogP contribution in [0.3, 0.4) is 0 Å². The number of aliphatic imine (C=N–C) groups is 1. The summed E-state index contributed by atoms with van der Waals surface area (Å²) in [7, 11) is 1.73. The highest BCUT2D eigenvalue weighted by molar-refractivity contribution is 6.09. The van der Waals surface area contributed by atoms with Crippen LogP contribution >= 0.6 is 0 Å². The molecular weight excluding hydrogens is 176 g/mol. The summed E-state index contributed by atoms with van der Waals surface area (Å²) in [5, 5.41) is 0. The molecule has 4 heteroatoms. The van der Waals surface area contributed by atoms with Gasteiger partial charge in [0.05, 0.1) is 5.69 Å². The zero-order valence-electron chi connectivity index (χ0n) is 8.44. The van der Waals surface area contributed by atoms with Crippen LogP contribution in [0.2, 0.25) is 0 Å². The minimum atomic E-state index is 0.474. The van der Waals surface area contributed by atoms with Crippen molar-refractivity contribution in [2.45, 2.75) is 13.3 Å². The number of rotatable bonds is 3. The summed E-state index contributed by atoms with van der Waals surface area (Å²) in [5.41, 5.74) is 7.35. The highest BCUT2D eigenvalue weighted by Gasteiger charge is 2.00. The van der Waals surface area contributed by atoms with Gasteiger partial charge in [-0.25, -0.2) is 9.97 Å². The van der Waals surface area contributed by atoms with Gasteiger partial charge in [-0.05, 0) is 6.42 Å². The minimum absolute atomic E-state index is 0.474. The molecule has 0 spiro atoms. The summed E-state index contributed by atoms with van der Waals surface area (Å²) >= 11 is 0.